The molecule has 0 aliphatic heterocycles. The zero-order valence-corrected chi connectivity index (χ0v) is 7.97. The molecular weight excluding hydrogens is 202 g/mol. The predicted molar refractivity (Wildman–Crippen MR) is 49.8 cm³/mol. The first-order valence-corrected chi connectivity index (χ1v) is 4.16. The number of carbonyl (C=O) groups excluding carboxylic acids is 1. The SMILES string of the molecule is CCc1nccc(O[N+](=O)[O-])c1C(N)=O. The summed E-state index contributed by atoms with van der Waals surface area (Å²) < 4.78 is 0. The van der Waals surface area contributed by atoms with Gasteiger partial charge in [0, 0.05) is 6.20 Å². The molecule has 0 fully saturated rings. The van der Waals surface area contributed by atoms with Crippen LogP contribution in [0.2, 0.25) is 0 Å². The van der Waals surface area contributed by atoms with Gasteiger partial charge in [-0.3, -0.25) is 14.6 Å². The quantitative estimate of drug-likeness (QED) is 0.569. The van der Waals surface area contributed by atoms with E-state index in [1.807, 2.05) is 0 Å². The summed E-state index contributed by atoms with van der Waals surface area (Å²) in [6.45, 7) is 1.75. The first-order chi connectivity index (χ1) is 7.06. The number of amides is 1. The monoisotopic (exact) mass is 211 g/mol. The van der Waals surface area contributed by atoms with Crippen molar-refractivity contribution in [2.45, 2.75) is 13.3 Å². The summed E-state index contributed by atoms with van der Waals surface area (Å²) in [6.07, 6.45) is 1.76. The highest BCUT2D eigenvalue weighted by molar-refractivity contribution is 5.96. The van der Waals surface area contributed by atoms with Gasteiger partial charge in [0.2, 0.25) is 0 Å². The van der Waals surface area contributed by atoms with Crippen LogP contribution < -0.4 is 10.6 Å². The molecule has 80 valence electrons. The van der Waals surface area contributed by atoms with E-state index in [2.05, 4.69) is 9.82 Å². The Kier molecular flexibility index (Phi) is 3.17. The summed E-state index contributed by atoms with van der Waals surface area (Å²) in [5.74, 6) is -0.976. The molecule has 0 saturated heterocycles. The third-order valence-corrected chi connectivity index (χ3v) is 1.75. The standard InChI is InChI=1S/C8H9N3O4/c1-2-5-7(8(9)12)6(3-4-10-5)15-11(13)14/h3-4H,2H2,1H3,(H2,9,12). The van der Waals surface area contributed by atoms with Crippen molar-refractivity contribution in [3.05, 3.63) is 33.6 Å². The Morgan fingerprint density at radius 2 is 2.40 bits per heavy atom. The van der Waals surface area contributed by atoms with E-state index < -0.39 is 11.0 Å². The third kappa shape index (κ3) is 2.39. The maximum absolute atomic E-state index is 11.1. The Labute approximate surface area is 85.0 Å². The van der Waals surface area contributed by atoms with Crippen molar-refractivity contribution in [3.63, 3.8) is 0 Å². The van der Waals surface area contributed by atoms with Gasteiger partial charge in [-0.25, -0.2) is 0 Å². The normalized spacial score (nSPS) is 9.67. The smallest absolute Gasteiger partial charge is 0.299 e. The zero-order valence-electron chi connectivity index (χ0n) is 7.97. The lowest BCUT2D eigenvalue weighted by molar-refractivity contribution is -0.711. The van der Waals surface area contributed by atoms with Crippen molar-refractivity contribution in [2.24, 2.45) is 5.73 Å². The van der Waals surface area contributed by atoms with Crippen molar-refractivity contribution in [2.75, 3.05) is 0 Å². The topological polar surface area (TPSA) is 108 Å². The number of nitrogens with zero attached hydrogens (tertiary/aromatic N) is 2. The number of primary amides is 1. The van der Waals surface area contributed by atoms with Crippen LogP contribution in [0.25, 0.3) is 0 Å². The fourth-order valence-electron chi connectivity index (χ4n) is 1.17. The summed E-state index contributed by atoms with van der Waals surface area (Å²) in [6, 6.07) is 1.22. The molecule has 15 heavy (non-hydrogen) atoms. The molecule has 0 atom stereocenters. The van der Waals surface area contributed by atoms with Crippen LogP contribution in [-0.4, -0.2) is 16.0 Å². The van der Waals surface area contributed by atoms with Gasteiger partial charge in [0.25, 0.3) is 11.0 Å². The lowest BCUT2D eigenvalue weighted by Gasteiger charge is -2.07. The molecule has 1 aromatic heterocycles. The Hall–Kier alpha value is -2.18. The maximum atomic E-state index is 11.1. The van der Waals surface area contributed by atoms with E-state index in [4.69, 9.17) is 5.73 Å². The molecule has 0 aromatic carbocycles. The van der Waals surface area contributed by atoms with E-state index in [9.17, 15) is 14.9 Å². The zero-order chi connectivity index (χ0) is 11.4. The van der Waals surface area contributed by atoms with Crippen molar-refractivity contribution in [3.8, 4) is 5.75 Å². The molecule has 2 N–H and O–H groups in total. The summed E-state index contributed by atoms with van der Waals surface area (Å²) >= 11 is 0. The molecule has 1 amide bonds. The summed E-state index contributed by atoms with van der Waals surface area (Å²) in [5, 5.41) is 9.16. The van der Waals surface area contributed by atoms with E-state index in [0.29, 0.717) is 12.1 Å². The number of hydrogen-bond acceptors (Lipinski definition) is 5. The minimum Gasteiger partial charge on any atom is -0.365 e. The minimum absolute atomic E-state index is 0.0447. The van der Waals surface area contributed by atoms with Gasteiger partial charge in [-0.2, -0.15) is 0 Å². The second-order valence-corrected chi connectivity index (χ2v) is 2.66. The van der Waals surface area contributed by atoms with Crippen LogP contribution >= 0.6 is 0 Å². The van der Waals surface area contributed by atoms with Gasteiger partial charge in [0.05, 0.1) is 11.3 Å². The van der Waals surface area contributed by atoms with Crippen LogP contribution in [0.1, 0.15) is 23.0 Å². The Balaban J connectivity index is 3.25. The van der Waals surface area contributed by atoms with Crippen LogP contribution in [0.4, 0.5) is 0 Å². The molecule has 1 heterocycles. The van der Waals surface area contributed by atoms with Crippen molar-refractivity contribution in [1.29, 1.82) is 0 Å². The lowest BCUT2D eigenvalue weighted by atomic mass is 10.1. The van der Waals surface area contributed by atoms with E-state index in [0.717, 1.165) is 0 Å². The van der Waals surface area contributed by atoms with Crippen LogP contribution in [0.5, 0.6) is 5.75 Å². The number of pyridine rings is 1. The molecule has 0 saturated carbocycles. The molecule has 0 bridgehead atoms. The highest BCUT2D eigenvalue weighted by Gasteiger charge is 2.16. The Morgan fingerprint density at radius 3 is 2.87 bits per heavy atom. The van der Waals surface area contributed by atoms with Crippen molar-refractivity contribution in [1.82, 2.24) is 4.98 Å². The first kappa shape index (κ1) is 10.9. The molecule has 0 spiro atoms. The number of nitrogens with two attached hydrogens (primary N) is 1. The van der Waals surface area contributed by atoms with E-state index in [1.54, 1.807) is 6.92 Å². The second kappa shape index (κ2) is 4.36. The van der Waals surface area contributed by atoms with Crippen molar-refractivity contribution >= 4 is 5.91 Å². The van der Waals surface area contributed by atoms with Gasteiger partial charge >= 0.3 is 0 Å². The van der Waals surface area contributed by atoms with Crippen LogP contribution in [0.3, 0.4) is 0 Å². The molecule has 7 heteroatoms. The minimum atomic E-state index is -0.999. The average Bonchev–Trinajstić information content (AvgIpc) is 2.15. The summed E-state index contributed by atoms with van der Waals surface area (Å²) in [5.41, 5.74) is 5.42. The lowest BCUT2D eigenvalue weighted by Crippen LogP contribution is -2.18. The molecule has 7 nitrogen and oxygen atoms in total. The number of hydrogen-bond donors (Lipinski definition) is 1. The highest BCUT2D eigenvalue weighted by Crippen LogP contribution is 2.20. The number of rotatable bonds is 4. The first-order valence-electron chi connectivity index (χ1n) is 4.16. The molecule has 0 unspecified atom stereocenters. The van der Waals surface area contributed by atoms with Gasteiger partial charge in [-0.1, -0.05) is 6.92 Å². The predicted octanol–water partition coefficient (Wildman–Crippen LogP) is 0.313. The van der Waals surface area contributed by atoms with Gasteiger partial charge in [0.15, 0.2) is 0 Å². The largest absolute Gasteiger partial charge is 0.365 e. The average molecular weight is 211 g/mol. The van der Waals surface area contributed by atoms with Crippen LogP contribution in [0.15, 0.2) is 12.3 Å². The van der Waals surface area contributed by atoms with Gasteiger partial charge in [-0.05, 0) is 12.5 Å². The highest BCUT2D eigenvalue weighted by atomic mass is 17.0. The Bertz CT molecular complexity index is 405. The van der Waals surface area contributed by atoms with Gasteiger partial charge < -0.3 is 5.73 Å². The molecule has 0 radical (unpaired) electrons. The van der Waals surface area contributed by atoms with Crippen LogP contribution in [0, 0.1) is 10.1 Å². The third-order valence-electron chi connectivity index (χ3n) is 1.75. The second-order valence-electron chi connectivity index (χ2n) is 2.66. The summed E-state index contributed by atoms with van der Waals surface area (Å²) in [7, 11) is 0. The number of aryl methyl sites for hydroxylation is 1. The van der Waals surface area contributed by atoms with Crippen LogP contribution in [-0.2, 0) is 6.42 Å². The molecular formula is C8H9N3O4. The Morgan fingerprint density at radius 1 is 1.73 bits per heavy atom. The van der Waals surface area contributed by atoms with E-state index in [-0.39, 0.29) is 11.3 Å². The number of carbonyl (C=O) groups is 1. The van der Waals surface area contributed by atoms with Gasteiger partial charge in [0.1, 0.15) is 5.75 Å². The number of aromatic nitrogens is 1. The molecule has 0 aliphatic rings. The molecule has 1 aromatic rings. The van der Waals surface area contributed by atoms with E-state index >= 15 is 0 Å². The fourth-order valence-corrected chi connectivity index (χ4v) is 1.17. The fraction of sp³-hybridized carbons (Fsp3) is 0.250. The summed E-state index contributed by atoms with van der Waals surface area (Å²) in [4.78, 5) is 29.3. The maximum Gasteiger partial charge on any atom is 0.299 e. The molecule has 1 rings (SSSR count). The van der Waals surface area contributed by atoms with E-state index in [1.165, 1.54) is 12.3 Å². The van der Waals surface area contributed by atoms with Gasteiger partial charge in [-0.15, -0.1) is 10.1 Å². The van der Waals surface area contributed by atoms with Crippen molar-refractivity contribution < 1.29 is 14.7 Å². The molecule has 0 aliphatic carbocycles.